The van der Waals surface area contributed by atoms with E-state index in [-0.39, 0.29) is 12.2 Å². The van der Waals surface area contributed by atoms with Gasteiger partial charge in [0.2, 0.25) is 29.5 Å². The fourth-order valence-electron chi connectivity index (χ4n) is 3.69. The third kappa shape index (κ3) is 9.49. The van der Waals surface area contributed by atoms with Gasteiger partial charge >= 0.3 is 0 Å². The second kappa shape index (κ2) is 14.6. The molecule has 0 saturated carbocycles. The minimum atomic E-state index is -1.29. The van der Waals surface area contributed by atoms with Crippen LogP contribution in [0, 0.1) is 0 Å². The predicted molar refractivity (Wildman–Crippen MR) is 145 cm³/mol. The summed E-state index contributed by atoms with van der Waals surface area (Å²) in [6.45, 7) is 3.92. The maximum atomic E-state index is 13.0. The van der Waals surface area contributed by atoms with Crippen molar-refractivity contribution < 1.29 is 28.8 Å². The van der Waals surface area contributed by atoms with E-state index in [0.29, 0.717) is 0 Å². The second-order valence-corrected chi connectivity index (χ2v) is 9.26. The van der Waals surface area contributed by atoms with Gasteiger partial charge in [0.05, 0.1) is 25.0 Å². The molecule has 7 N–H and O–H groups in total. The van der Waals surface area contributed by atoms with Crippen LogP contribution in [0.25, 0.3) is 10.8 Å². The summed E-state index contributed by atoms with van der Waals surface area (Å²) in [5.41, 5.74) is 6.01. The third-order valence-electron chi connectivity index (χ3n) is 6.21. The van der Waals surface area contributed by atoms with E-state index in [1.807, 2.05) is 42.5 Å². The summed E-state index contributed by atoms with van der Waals surface area (Å²) < 4.78 is 0. The molecule has 4 atom stereocenters. The van der Waals surface area contributed by atoms with E-state index in [1.165, 1.54) is 6.92 Å². The Kier molecular flexibility index (Phi) is 11.5. The zero-order chi connectivity index (χ0) is 29.1. The Morgan fingerprint density at radius 1 is 0.795 bits per heavy atom. The molecule has 2 rings (SSSR count). The molecule has 5 amide bonds. The Morgan fingerprint density at radius 3 is 2.10 bits per heavy atom. The van der Waals surface area contributed by atoms with Crippen molar-refractivity contribution in [2.75, 3.05) is 13.6 Å². The quantitative estimate of drug-likeness (QED) is 0.178. The monoisotopic (exact) mass is 540 g/mol. The van der Waals surface area contributed by atoms with Gasteiger partial charge < -0.3 is 32.3 Å². The molecule has 2 aromatic carbocycles. The fraction of sp³-hybridized carbons (Fsp3) is 0.407. The summed E-state index contributed by atoms with van der Waals surface area (Å²) in [7, 11) is 1.56. The fourth-order valence-corrected chi connectivity index (χ4v) is 3.69. The topological polar surface area (TPSA) is 189 Å². The molecule has 12 heteroatoms. The van der Waals surface area contributed by atoms with Crippen LogP contribution < -0.4 is 32.3 Å². The molecular formula is C27H36N6O6. The summed E-state index contributed by atoms with van der Waals surface area (Å²) >= 11 is 0. The second-order valence-electron chi connectivity index (χ2n) is 9.26. The Labute approximate surface area is 226 Å². The molecule has 0 spiro atoms. The number of ketones is 1. The van der Waals surface area contributed by atoms with E-state index >= 15 is 0 Å². The molecule has 0 aliphatic heterocycles. The van der Waals surface area contributed by atoms with Crippen LogP contribution in [0.2, 0.25) is 0 Å². The molecule has 0 bridgehead atoms. The van der Waals surface area contributed by atoms with Gasteiger partial charge in [-0.05, 0) is 44.2 Å². The van der Waals surface area contributed by atoms with Crippen LogP contribution in [-0.2, 0) is 35.2 Å². The summed E-state index contributed by atoms with van der Waals surface area (Å²) in [6.07, 6.45) is -0.343. The van der Waals surface area contributed by atoms with E-state index in [4.69, 9.17) is 5.73 Å². The van der Waals surface area contributed by atoms with Gasteiger partial charge in [0.15, 0.2) is 5.78 Å². The van der Waals surface area contributed by atoms with Gasteiger partial charge in [0, 0.05) is 6.42 Å². The number of carbonyl (C=O) groups is 6. The van der Waals surface area contributed by atoms with Crippen molar-refractivity contribution >= 4 is 46.1 Å². The first kappa shape index (κ1) is 30.9. The van der Waals surface area contributed by atoms with Crippen LogP contribution in [0.3, 0.4) is 0 Å². The molecule has 0 heterocycles. The standard InChI is InChI=1S/C27H36N6O6/c1-15(17(3)34)31-27(39)21(12-19-10-7-9-18-8-5-6-11-20(18)19)32-24(36)14-30-26(38)22(13-23(28)35)33-25(37)16(2)29-4/h5-11,15-16,21-22,29H,12-14H2,1-4H3,(H2,28,35)(H,30,38)(H,31,39)(H,32,36)(H,33,37)/t15?,16?,21-,22?/m0/s1. The molecule has 12 nitrogen and oxygen atoms in total. The Balaban J connectivity index is 2.15. The lowest BCUT2D eigenvalue weighted by Crippen LogP contribution is -2.55. The highest BCUT2D eigenvalue weighted by molar-refractivity contribution is 5.96. The Morgan fingerprint density at radius 2 is 1.46 bits per heavy atom. The van der Waals surface area contributed by atoms with Gasteiger partial charge in [-0.2, -0.15) is 0 Å². The summed E-state index contributed by atoms with van der Waals surface area (Å²) in [6, 6.07) is 9.46. The highest BCUT2D eigenvalue weighted by Gasteiger charge is 2.27. The van der Waals surface area contributed by atoms with Crippen molar-refractivity contribution in [3.63, 3.8) is 0 Å². The smallest absolute Gasteiger partial charge is 0.243 e. The molecule has 3 unspecified atom stereocenters. The number of fused-ring (bicyclic) bond motifs is 1. The van der Waals surface area contributed by atoms with Crippen LogP contribution in [-0.4, -0.2) is 73.1 Å². The predicted octanol–water partition coefficient (Wildman–Crippen LogP) is -0.955. The number of hydrogen-bond donors (Lipinski definition) is 6. The van der Waals surface area contributed by atoms with Crippen molar-refractivity contribution in [1.82, 2.24) is 26.6 Å². The van der Waals surface area contributed by atoms with E-state index in [2.05, 4.69) is 26.6 Å². The molecule has 0 radical (unpaired) electrons. The van der Waals surface area contributed by atoms with E-state index in [0.717, 1.165) is 16.3 Å². The van der Waals surface area contributed by atoms with Gasteiger partial charge in [0.1, 0.15) is 12.1 Å². The molecule has 0 fully saturated rings. The number of rotatable bonds is 14. The number of primary amides is 1. The lowest BCUT2D eigenvalue weighted by molar-refractivity contribution is -0.133. The van der Waals surface area contributed by atoms with Gasteiger partial charge in [-0.25, -0.2) is 0 Å². The molecule has 210 valence electrons. The number of amides is 5. The number of carbonyl (C=O) groups excluding carboxylic acids is 6. The third-order valence-corrected chi connectivity index (χ3v) is 6.21. The molecule has 0 saturated heterocycles. The molecular weight excluding hydrogens is 504 g/mol. The molecule has 2 aromatic rings. The van der Waals surface area contributed by atoms with Crippen molar-refractivity contribution in [3.8, 4) is 0 Å². The first-order valence-corrected chi connectivity index (χ1v) is 12.5. The highest BCUT2D eigenvalue weighted by atomic mass is 16.2. The Hall–Kier alpha value is -4.32. The SMILES string of the molecule is CNC(C)C(=O)NC(CC(N)=O)C(=O)NCC(=O)N[C@@H](Cc1cccc2ccccc12)C(=O)NC(C)C(C)=O. The normalized spacial score (nSPS) is 13.8. The van der Waals surface area contributed by atoms with Crippen LogP contribution in [0.1, 0.15) is 32.8 Å². The minimum Gasteiger partial charge on any atom is -0.370 e. The van der Waals surface area contributed by atoms with Gasteiger partial charge in [-0.15, -0.1) is 0 Å². The zero-order valence-electron chi connectivity index (χ0n) is 22.5. The van der Waals surface area contributed by atoms with Crippen molar-refractivity contribution in [1.29, 1.82) is 0 Å². The number of Topliss-reactive ketones (excluding diaryl/α,β-unsaturated/α-hetero) is 1. The zero-order valence-corrected chi connectivity index (χ0v) is 22.5. The van der Waals surface area contributed by atoms with Crippen LogP contribution in [0.4, 0.5) is 0 Å². The number of likely N-dealkylation sites (N-methyl/N-ethyl adjacent to an activating group) is 1. The number of benzene rings is 2. The van der Waals surface area contributed by atoms with Crippen LogP contribution in [0.15, 0.2) is 42.5 Å². The van der Waals surface area contributed by atoms with Crippen molar-refractivity contribution in [2.45, 2.75) is 57.8 Å². The molecule has 0 aliphatic carbocycles. The van der Waals surface area contributed by atoms with E-state index in [1.54, 1.807) is 20.9 Å². The average molecular weight is 541 g/mol. The lowest BCUT2D eigenvalue weighted by Gasteiger charge is -2.22. The van der Waals surface area contributed by atoms with Gasteiger partial charge in [-0.3, -0.25) is 28.8 Å². The van der Waals surface area contributed by atoms with Gasteiger partial charge in [-0.1, -0.05) is 42.5 Å². The number of nitrogens with one attached hydrogen (secondary N) is 5. The van der Waals surface area contributed by atoms with Crippen LogP contribution in [0.5, 0.6) is 0 Å². The molecule has 0 aromatic heterocycles. The van der Waals surface area contributed by atoms with Crippen molar-refractivity contribution in [2.24, 2.45) is 5.73 Å². The van der Waals surface area contributed by atoms with E-state index in [9.17, 15) is 28.8 Å². The maximum Gasteiger partial charge on any atom is 0.243 e. The summed E-state index contributed by atoms with van der Waals surface area (Å²) in [5.74, 6) is -3.64. The maximum absolute atomic E-state index is 13.0. The highest BCUT2D eigenvalue weighted by Crippen LogP contribution is 2.20. The van der Waals surface area contributed by atoms with Crippen LogP contribution >= 0.6 is 0 Å². The summed E-state index contributed by atoms with van der Waals surface area (Å²) in [4.78, 5) is 73.8. The van der Waals surface area contributed by atoms with Gasteiger partial charge in [0.25, 0.3) is 0 Å². The number of hydrogen-bond acceptors (Lipinski definition) is 7. The molecule has 0 aliphatic rings. The van der Waals surface area contributed by atoms with E-state index < -0.39 is 66.7 Å². The lowest BCUT2D eigenvalue weighted by atomic mass is 9.98. The number of nitrogens with two attached hydrogens (primary N) is 1. The first-order valence-electron chi connectivity index (χ1n) is 12.5. The summed E-state index contributed by atoms with van der Waals surface area (Å²) in [5, 5.41) is 14.6. The Bertz CT molecular complexity index is 1230. The minimum absolute atomic E-state index is 0.125. The largest absolute Gasteiger partial charge is 0.370 e. The molecule has 39 heavy (non-hydrogen) atoms. The van der Waals surface area contributed by atoms with Crippen molar-refractivity contribution in [3.05, 3.63) is 48.0 Å². The average Bonchev–Trinajstić information content (AvgIpc) is 2.90. The first-order chi connectivity index (χ1) is 18.4.